The van der Waals surface area contributed by atoms with Crippen LogP contribution in [0.5, 0.6) is 0 Å². The van der Waals surface area contributed by atoms with E-state index in [2.05, 4.69) is 31.0 Å². The fourth-order valence-electron chi connectivity index (χ4n) is 1.00. The summed E-state index contributed by atoms with van der Waals surface area (Å²) in [6.07, 6.45) is 1.83. The highest BCUT2D eigenvalue weighted by molar-refractivity contribution is 7.11. The Labute approximate surface area is 77.4 Å². The summed E-state index contributed by atoms with van der Waals surface area (Å²) in [6.45, 7) is 6.22. The fourth-order valence-corrected chi connectivity index (χ4v) is 1.82. The van der Waals surface area contributed by atoms with Gasteiger partial charge in [-0.25, -0.2) is 0 Å². The zero-order chi connectivity index (χ0) is 8.97. The van der Waals surface area contributed by atoms with Gasteiger partial charge in [0.15, 0.2) is 0 Å². The van der Waals surface area contributed by atoms with Crippen LogP contribution in [0.2, 0.25) is 0 Å². The van der Waals surface area contributed by atoms with Crippen LogP contribution in [0.1, 0.15) is 15.4 Å². The van der Waals surface area contributed by atoms with Gasteiger partial charge >= 0.3 is 0 Å². The van der Waals surface area contributed by atoms with Gasteiger partial charge in [0.05, 0.1) is 5.01 Å². The number of aromatic nitrogens is 1. The average Bonchev–Trinajstić information content (AvgIpc) is 2.01. The van der Waals surface area contributed by atoms with Gasteiger partial charge in [0.1, 0.15) is 0 Å². The lowest BCUT2D eigenvalue weighted by molar-refractivity contribution is 1.28. The van der Waals surface area contributed by atoms with E-state index in [1.165, 1.54) is 10.4 Å². The summed E-state index contributed by atoms with van der Waals surface area (Å²) >= 11 is 1.71. The van der Waals surface area contributed by atoms with Crippen LogP contribution in [0.4, 0.5) is 0 Å². The molecule has 64 valence electrons. The van der Waals surface area contributed by atoms with E-state index in [1.807, 2.05) is 19.2 Å². The van der Waals surface area contributed by atoms with E-state index in [-0.39, 0.29) is 0 Å². The Hall–Kier alpha value is -0.890. The van der Waals surface area contributed by atoms with Gasteiger partial charge in [-0.3, -0.25) is 4.98 Å². The third-order valence-electron chi connectivity index (χ3n) is 1.44. The maximum Gasteiger partial charge on any atom is 0.0895 e. The highest BCUT2D eigenvalue weighted by Crippen LogP contribution is 2.07. The Balaban J connectivity index is 3.35. The smallest absolute Gasteiger partial charge is 0.0895 e. The second-order valence-electron chi connectivity index (χ2n) is 2.76. The molecule has 0 aliphatic heterocycles. The van der Waals surface area contributed by atoms with Crippen molar-refractivity contribution in [1.82, 2.24) is 4.98 Å². The standard InChI is InChI=1S/C10H13NS/c1-8-5-4-6-11-10(3)12-9(2)7-8/h4-7H,1-3H3. The van der Waals surface area contributed by atoms with Gasteiger partial charge in [-0.1, -0.05) is 11.6 Å². The molecule has 0 fully saturated rings. The Morgan fingerprint density at radius 3 is 2.75 bits per heavy atom. The van der Waals surface area contributed by atoms with Gasteiger partial charge < -0.3 is 0 Å². The minimum absolute atomic E-state index is 1.09. The maximum absolute atomic E-state index is 4.24. The topological polar surface area (TPSA) is 12.9 Å². The molecule has 0 saturated carbocycles. The Morgan fingerprint density at radius 1 is 1.25 bits per heavy atom. The van der Waals surface area contributed by atoms with E-state index >= 15 is 0 Å². The van der Waals surface area contributed by atoms with E-state index in [0.29, 0.717) is 0 Å². The number of hydrogen-bond acceptors (Lipinski definition) is 2. The van der Waals surface area contributed by atoms with Crippen molar-refractivity contribution in [3.05, 3.63) is 39.8 Å². The van der Waals surface area contributed by atoms with Crippen LogP contribution in [0.15, 0.2) is 24.4 Å². The summed E-state index contributed by atoms with van der Waals surface area (Å²) in [5, 5.41) is 1.09. The fraction of sp³-hybridized carbons (Fsp3) is 0.300. The summed E-state index contributed by atoms with van der Waals surface area (Å²) in [7, 11) is 0. The van der Waals surface area contributed by atoms with Crippen LogP contribution < -0.4 is 0 Å². The molecule has 1 aromatic heterocycles. The Morgan fingerprint density at radius 2 is 2.00 bits per heavy atom. The van der Waals surface area contributed by atoms with E-state index in [4.69, 9.17) is 0 Å². The summed E-state index contributed by atoms with van der Waals surface area (Å²) in [6, 6.07) is 6.19. The van der Waals surface area contributed by atoms with Crippen molar-refractivity contribution < 1.29 is 0 Å². The minimum Gasteiger partial charge on any atom is -0.251 e. The van der Waals surface area contributed by atoms with Gasteiger partial charge in [-0.05, 0) is 32.9 Å². The monoisotopic (exact) mass is 179 g/mol. The highest BCUT2D eigenvalue weighted by atomic mass is 32.1. The molecule has 0 aliphatic rings. The van der Waals surface area contributed by atoms with Crippen molar-refractivity contribution in [2.24, 2.45) is 0 Å². The molecule has 0 radical (unpaired) electrons. The molecule has 0 unspecified atom stereocenters. The first-order valence-electron chi connectivity index (χ1n) is 3.92. The van der Waals surface area contributed by atoms with Gasteiger partial charge in [0, 0.05) is 11.1 Å². The van der Waals surface area contributed by atoms with Crippen molar-refractivity contribution >= 4 is 11.3 Å². The molecule has 0 amide bonds. The number of aryl methyl sites for hydroxylation is 3. The molecule has 2 heteroatoms. The molecular weight excluding hydrogens is 166 g/mol. The number of rotatable bonds is 0. The van der Waals surface area contributed by atoms with Gasteiger partial charge in [-0.15, -0.1) is 11.3 Å². The van der Waals surface area contributed by atoms with Crippen LogP contribution in [-0.2, 0) is 0 Å². The molecule has 1 nitrogen and oxygen atoms in total. The lowest BCUT2D eigenvalue weighted by atomic mass is 10.3. The van der Waals surface area contributed by atoms with Crippen molar-refractivity contribution in [1.29, 1.82) is 0 Å². The second-order valence-corrected chi connectivity index (χ2v) is 4.20. The summed E-state index contributed by atoms with van der Waals surface area (Å²) in [5.41, 5.74) is 1.26. The number of nitrogens with zero attached hydrogens (tertiary/aromatic N) is 1. The van der Waals surface area contributed by atoms with E-state index in [1.54, 1.807) is 11.3 Å². The molecule has 0 aliphatic carbocycles. The van der Waals surface area contributed by atoms with Crippen molar-refractivity contribution in [3.63, 3.8) is 0 Å². The van der Waals surface area contributed by atoms with Crippen molar-refractivity contribution in [2.45, 2.75) is 20.8 Å². The Bertz CT molecular complexity index is 284. The van der Waals surface area contributed by atoms with Crippen LogP contribution in [0.3, 0.4) is 0 Å². The average molecular weight is 179 g/mol. The lowest BCUT2D eigenvalue weighted by Gasteiger charge is -1.86. The molecule has 1 heterocycles. The molecular formula is C10H13NS. The normalized spacial score (nSPS) is 9.25. The number of hydrogen-bond donors (Lipinski definition) is 0. The predicted molar refractivity (Wildman–Crippen MR) is 54.0 cm³/mol. The molecule has 0 atom stereocenters. The summed E-state index contributed by atoms with van der Waals surface area (Å²) < 4.78 is 0. The third kappa shape index (κ3) is 3.01. The largest absolute Gasteiger partial charge is 0.251 e. The predicted octanol–water partition coefficient (Wildman–Crippen LogP) is 3.19. The van der Waals surface area contributed by atoms with Crippen molar-refractivity contribution in [3.8, 4) is 0 Å². The molecule has 0 aromatic carbocycles. The zero-order valence-electron chi connectivity index (χ0n) is 7.66. The van der Waals surface area contributed by atoms with Crippen molar-refractivity contribution in [2.75, 3.05) is 0 Å². The lowest BCUT2D eigenvalue weighted by Crippen LogP contribution is -1.67. The van der Waals surface area contributed by atoms with Crippen LogP contribution in [-0.4, -0.2) is 4.98 Å². The van der Waals surface area contributed by atoms with Crippen LogP contribution in [0, 0.1) is 20.8 Å². The zero-order valence-corrected chi connectivity index (χ0v) is 8.48. The molecule has 0 N–H and O–H groups in total. The molecule has 0 bridgehead atoms. The second kappa shape index (κ2) is 4.21. The molecule has 12 heavy (non-hydrogen) atoms. The van der Waals surface area contributed by atoms with E-state index in [0.717, 1.165) is 5.01 Å². The summed E-state index contributed by atoms with van der Waals surface area (Å²) in [4.78, 5) is 5.53. The minimum atomic E-state index is 1.09. The van der Waals surface area contributed by atoms with Gasteiger partial charge in [0.25, 0.3) is 0 Å². The first kappa shape index (κ1) is 9.20. The van der Waals surface area contributed by atoms with E-state index in [9.17, 15) is 0 Å². The van der Waals surface area contributed by atoms with Gasteiger partial charge in [-0.2, -0.15) is 0 Å². The maximum atomic E-state index is 4.24. The Kier molecular flexibility index (Phi) is 3.23. The van der Waals surface area contributed by atoms with E-state index < -0.39 is 0 Å². The molecule has 1 rings (SSSR count). The molecule has 0 saturated heterocycles. The van der Waals surface area contributed by atoms with Crippen LogP contribution >= 0.6 is 11.3 Å². The van der Waals surface area contributed by atoms with Gasteiger partial charge in [0.2, 0.25) is 0 Å². The first-order chi connectivity index (χ1) is 5.68. The quantitative estimate of drug-likeness (QED) is 0.596. The van der Waals surface area contributed by atoms with Crippen LogP contribution in [0.25, 0.3) is 0 Å². The highest BCUT2D eigenvalue weighted by Gasteiger charge is 1.84. The third-order valence-corrected chi connectivity index (χ3v) is 2.28. The molecule has 0 spiro atoms. The summed E-state index contributed by atoms with van der Waals surface area (Å²) in [5.74, 6) is 0. The molecule has 1 aromatic rings. The SMILES string of the molecule is Cc1cccnc(C)sc(C)c1. The first-order valence-corrected chi connectivity index (χ1v) is 4.74.